The first-order valence-electron chi connectivity index (χ1n) is 13.4. The minimum absolute atomic E-state index is 0.176. The van der Waals surface area contributed by atoms with Gasteiger partial charge < -0.3 is 23.7 Å². The fraction of sp³-hybridized carbons (Fsp3) is 0.355. The van der Waals surface area contributed by atoms with Crippen molar-refractivity contribution in [3.05, 3.63) is 92.3 Å². The molecule has 0 N–H and O–H groups in total. The topological polar surface area (TPSA) is 68.0 Å². The van der Waals surface area contributed by atoms with Crippen molar-refractivity contribution in [2.45, 2.75) is 32.6 Å². The van der Waals surface area contributed by atoms with Crippen molar-refractivity contribution >= 4 is 40.1 Å². The van der Waals surface area contributed by atoms with Crippen molar-refractivity contribution in [2.24, 2.45) is 5.92 Å². The number of benzene rings is 2. The van der Waals surface area contributed by atoms with Gasteiger partial charge in [0.1, 0.15) is 12.2 Å². The van der Waals surface area contributed by atoms with Crippen LogP contribution >= 0.6 is 23.2 Å². The van der Waals surface area contributed by atoms with Crippen LogP contribution in [-0.4, -0.2) is 54.5 Å². The summed E-state index contributed by atoms with van der Waals surface area (Å²) in [4.78, 5) is 22.8. The molecular formula is C31H31Cl2N3O4. The van der Waals surface area contributed by atoms with Crippen LogP contribution in [0, 0.1) is 12.8 Å². The largest absolute Gasteiger partial charge is 0.472 e. The number of halogens is 2. The summed E-state index contributed by atoms with van der Waals surface area (Å²) >= 11 is 13.7. The number of nitrogens with zero attached hydrogens (tertiary/aromatic N) is 3. The molecule has 1 fully saturated rings. The molecule has 4 aromatic rings. The van der Waals surface area contributed by atoms with E-state index < -0.39 is 0 Å². The van der Waals surface area contributed by atoms with Gasteiger partial charge in [0.15, 0.2) is 0 Å². The number of amides is 1. The zero-order valence-corrected chi connectivity index (χ0v) is 24.3. The molecule has 0 bridgehead atoms. The Bertz CT molecular complexity index is 1570. The molecule has 1 amide bonds. The number of rotatable bonds is 8. The molecule has 1 saturated heterocycles. The van der Waals surface area contributed by atoms with E-state index in [9.17, 15) is 4.79 Å². The van der Waals surface area contributed by atoms with Crippen LogP contribution in [-0.2, 0) is 24.3 Å². The van der Waals surface area contributed by atoms with Crippen LogP contribution in [0.3, 0.4) is 0 Å². The lowest BCUT2D eigenvalue weighted by molar-refractivity contribution is -0.0197. The van der Waals surface area contributed by atoms with E-state index in [0.29, 0.717) is 46.6 Å². The third kappa shape index (κ3) is 4.85. The summed E-state index contributed by atoms with van der Waals surface area (Å²) in [6.45, 7) is 4.82. The molecule has 7 nitrogen and oxygen atoms in total. The van der Waals surface area contributed by atoms with E-state index in [0.717, 1.165) is 46.4 Å². The van der Waals surface area contributed by atoms with Gasteiger partial charge in [-0.1, -0.05) is 53.5 Å². The van der Waals surface area contributed by atoms with Crippen molar-refractivity contribution in [1.29, 1.82) is 0 Å². The molecule has 0 aliphatic carbocycles. The molecule has 1 unspecified atom stereocenters. The van der Waals surface area contributed by atoms with Crippen LogP contribution in [0.25, 0.3) is 11.0 Å². The molecule has 2 aromatic heterocycles. The number of carbonyl (C=O) groups excluding carboxylic acids is 1. The molecule has 40 heavy (non-hydrogen) atoms. The summed E-state index contributed by atoms with van der Waals surface area (Å²) < 4.78 is 18.0. The predicted molar refractivity (Wildman–Crippen MR) is 155 cm³/mol. The maximum absolute atomic E-state index is 14.0. The molecule has 2 aliphatic rings. The second kappa shape index (κ2) is 11.1. The average molecular weight is 581 g/mol. The number of carbonyl (C=O) groups is 1. The Morgan fingerprint density at radius 2 is 1.95 bits per heavy atom. The quantitative estimate of drug-likeness (QED) is 0.238. The number of pyridine rings is 1. The summed E-state index contributed by atoms with van der Waals surface area (Å²) in [7, 11) is 3.75. The number of aromatic nitrogens is 1. The number of furan rings is 1. The lowest BCUT2D eigenvalue weighted by Crippen LogP contribution is -2.47. The zero-order valence-electron chi connectivity index (χ0n) is 22.7. The van der Waals surface area contributed by atoms with E-state index in [1.165, 1.54) is 0 Å². The van der Waals surface area contributed by atoms with Crippen molar-refractivity contribution in [3.63, 3.8) is 0 Å². The first kappa shape index (κ1) is 27.1. The van der Waals surface area contributed by atoms with Gasteiger partial charge in [-0.15, -0.1) is 0 Å². The molecule has 4 heterocycles. The highest BCUT2D eigenvalue weighted by atomic mass is 35.5. The Morgan fingerprint density at radius 1 is 1.18 bits per heavy atom. The SMILES string of the molecule is COC(c1cc(Cl)c2c(c1Cl)C(=O)N(Cc1c(OCc3ccccc3)nc(C)c3ccoc13)CC2)C1CN(C)C1. The van der Waals surface area contributed by atoms with E-state index >= 15 is 0 Å². The van der Waals surface area contributed by atoms with Gasteiger partial charge in [-0.25, -0.2) is 4.98 Å². The highest BCUT2D eigenvalue weighted by molar-refractivity contribution is 6.37. The van der Waals surface area contributed by atoms with Gasteiger partial charge in [0, 0.05) is 48.6 Å². The van der Waals surface area contributed by atoms with Crippen LogP contribution in [0.1, 0.15) is 44.4 Å². The lowest BCUT2D eigenvalue weighted by atomic mass is 9.86. The molecule has 0 saturated carbocycles. The Labute approximate surface area is 243 Å². The van der Waals surface area contributed by atoms with Crippen LogP contribution in [0.2, 0.25) is 10.0 Å². The second-order valence-electron chi connectivity index (χ2n) is 10.6. The van der Waals surface area contributed by atoms with Gasteiger partial charge in [-0.05, 0) is 43.7 Å². The predicted octanol–water partition coefficient (Wildman–Crippen LogP) is 6.47. The molecule has 2 aromatic carbocycles. The third-order valence-corrected chi connectivity index (χ3v) is 8.73. The minimum atomic E-state index is -0.239. The standard InChI is InChI=1S/C31H31Cl2N3O4/c1-18-21-10-12-39-29(21)24(30(34-18)40-17-19-7-5-4-6-8-19)16-36-11-9-22-25(32)13-23(27(33)26(22)31(36)37)28(38-3)20-14-35(2)15-20/h4-8,10,12-13,20,28H,9,11,14-17H2,1-3H3. The Hall–Kier alpha value is -3.10. The van der Waals surface area contributed by atoms with Gasteiger partial charge in [-0.3, -0.25) is 4.79 Å². The number of methoxy groups -OCH3 is 1. The summed E-state index contributed by atoms with van der Waals surface area (Å²) in [5.41, 5.74) is 5.21. The van der Waals surface area contributed by atoms with E-state index in [1.54, 1.807) is 18.3 Å². The Kier molecular flexibility index (Phi) is 7.48. The monoisotopic (exact) mass is 579 g/mol. The van der Waals surface area contributed by atoms with E-state index in [4.69, 9.17) is 42.1 Å². The minimum Gasteiger partial charge on any atom is -0.472 e. The van der Waals surface area contributed by atoms with Crippen LogP contribution in [0.15, 0.2) is 53.1 Å². The highest BCUT2D eigenvalue weighted by Crippen LogP contribution is 2.42. The van der Waals surface area contributed by atoms with Crippen LogP contribution in [0.5, 0.6) is 5.88 Å². The summed E-state index contributed by atoms with van der Waals surface area (Å²) in [6, 6.07) is 13.7. The van der Waals surface area contributed by atoms with Crippen molar-refractivity contribution < 1.29 is 18.7 Å². The number of aryl methyl sites for hydroxylation is 1. The Balaban J connectivity index is 1.34. The second-order valence-corrected chi connectivity index (χ2v) is 11.4. The zero-order chi connectivity index (χ0) is 28.0. The van der Waals surface area contributed by atoms with E-state index in [1.807, 2.05) is 49.4 Å². The Morgan fingerprint density at radius 3 is 2.67 bits per heavy atom. The lowest BCUT2D eigenvalue weighted by Gasteiger charge is -2.41. The number of ether oxygens (including phenoxy) is 2. The molecule has 9 heteroatoms. The molecular weight excluding hydrogens is 549 g/mol. The van der Waals surface area contributed by atoms with Crippen molar-refractivity contribution in [3.8, 4) is 5.88 Å². The fourth-order valence-corrected chi connectivity index (χ4v) is 6.57. The first-order chi connectivity index (χ1) is 19.4. The third-order valence-electron chi connectivity index (χ3n) is 7.98. The highest BCUT2D eigenvalue weighted by Gasteiger charge is 2.37. The molecule has 1 atom stereocenters. The van der Waals surface area contributed by atoms with Crippen LogP contribution in [0.4, 0.5) is 0 Å². The molecule has 0 spiro atoms. The van der Waals surface area contributed by atoms with Crippen LogP contribution < -0.4 is 4.74 Å². The fourth-order valence-electron chi connectivity index (χ4n) is 5.91. The smallest absolute Gasteiger partial charge is 0.256 e. The number of fused-ring (bicyclic) bond motifs is 2. The molecule has 2 aliphatic heterocycles. The summed E-state index contributed by atoms with van der Waals surface area (Å²) in [5.74, 6) is 0.560. The summed E-state index contributed by atoms with van der Waals surface area (Å²) in [5, 5.41) is 1.86. The number of hydrogen-bond donors (Lipinski definition) is 0. The number of hydrogen-bond acceptors (Lipinski definition) is 6. The maximum Gasteiger partial charge on any atom is 0.256 e. The molecule has 208 valence electrons. The van der Waals surface area contributed by atoms with E-state index in [2.05, 4.69) is 11.9 Å². The van der Waals surface area contributed by atoms with Crippen molar-refractivity contribution in [2.75, 3.05) is 33.8 Å². The molecule has 0 radical (unpaired) electrons. The van der Waals surface area contributed by atoms with Crippen molar-refractivity contribution in [1.82, 2.24) is 14.8 Å². The molecule has 6 rings (SSSR count). The first-order valence-corrected chi connectivity index (χ1v) is 14.2. The normalized spacial score (nSPS) is 16.7. The van der Waals surface area contributed by atoms with Gasteiger partial charge in [0.05, 0.1) is 40.8 Å². The van der Waals surface area contributed by atoms with Gasteiger partial charge in [-0.2, -0.15) is 0 Å². The van der Waals surface area contributed by atoms with Gasteiger partial charge in [0.25, 0.3) is 5.91 Å². The number of likely N-dealkylation sites (tertiary alicyclic amines) is 1. The average Bonchev–Trinajstić information content (AvgIpc) is 3.43. The maximum atomic E-state index is 14.0. The van der Waals surface area contributed by atoms with Gasteiger partial charge >= 0.3 is 0 Å². The van der Waals surface area contributed by atoms with Gasteiger partial charge in [0.2, 0.25) is 5.88 Å². The van der Waals surface area contributed by atoms with E-state index in [-0.39, 0.29) is 24.5 Å². The summed E-state index contributed by atoms with van der Waals surface area (Å²) in [6.07, 6.45) is 1.99.